The molecule has 4 rings (SSSR count). The van der Waals surface area contributed by atoms with Crippen molar-refractivity contribution in [1.82, 2.24) is 14.7 Å². The average Bonchev–Trinajstić information content (AvgIpc) is 3.13. The van der Waals surface area contributed by atoms with Gasteiger partial charge in [-0.1, -0.05) is 31.0 Å². The van der Waals surface area contributed by atoms with Gasteiger partial charge in [0.05, 0.1) is 24.4 Å². The Labute approximate surface area is 151 Å². The number of ether oxygens (including phenoxy) is 1. The van der Waals surface area contributed by atoms with Crippen LogP contribution in [0.1, 0.15) is 46.7 Å². The fourth-order valence-electron chi connectivity index (χ4n) is 3.92. The lowest BCUT2D eigenvalue weighted by atomic mass is 9.90. The van der Waals surface area contributed by atoms with Crippen molar-refractivity contribution in [3.63, 3.8) is 0 Å². The molecule has 2 atom stereocenters. The van der Waals surface area contributed by atoms with E-state index in [1.807, 2.05) is 35.2 Å². The monoisotopic (exact) mass is 354 g/mol. The number of primary amides is 1. The second kappa shape index (κ2) is 6.92. The number of hydrogen-bond donors (Lipinski definition) is 1. The number of carbonyl (C=O) groups excluding carboxylic acids is 2. The number of nitrogens with two attached hydrogens (primary N) is 1. The van der Waals surface area contributed by atoms with Gasteiger partial charge < -0.3 is 15.4 Å². The molecule has 2 amide bonds. The fraction of sp³-hybridized carbons (Fsp3) is 0.421. The number of morpholine rings is 1. The highest BCUT2D eigenvalue weighted by atomic mass is 16.5. The number of benzene rings is 1. The number of aromatic nitrogens is 2. The zero-order chi connectivity index (χ0) is 18.1. The summed E-state index contributed by atoms with van der Waals surface area (Å²) in [5.74, 6) is -0.777. The summed E-state index contributed by atoms with van der Waals surface area (Å²) in [4.78, 5) is 26.8. The van der Waals surface area contributed by atoms with Crippen molar-refractivity contribution < 1.29 is 14.3 Å². The molecule has 1 aliphatic carbocycles. The van der Waals surface area contributed by atoms with Crippen molar-refractivity contribution in [3.05, 3.63) is 47.8 Å². The molecule has 7 nitrogen and oxygen atoms in total. The van der Waals surface area contributed by atoms with Gasteiger partial charge in [-0.3, -0.25) is 9.59 Å². The number of para-hydroxylation sites is 1. The largest absolute Gasteiger partial charge is 0.374 e. The number of carbonyl (C=O) groups is 2. The predicted molar refractivity (Wildman–Crippen MR) is 95.1 cm³/mol. The molecule has 0 spiro atoms. The van der Waals surface area contributed by atoms with E-state index in [0.717, 1.165) is 25.7 Å². The molecule has 2 unspecified atom stereocenters. The first-order chi connectivity index (χ1) is 12.6. The van der Waals surface area contributed by atoms with E-state index in [0.29, 0.717) is 18.8 Å². The molecular formula is C19H22N4O3. The Balaban J connectivity index is 1.67. The average molecular weight is 354 g/mol. The van der Waals surface area contributed by atoms with Gasteiger partial charge >= 0.3 is 0 Å². The number of rotatable bonds is 3. The quantitative estimate of drug-likeness (QED) is 0.909. The van der Waals surface area contributed by atoms with Crippen molar-refractivity contribution in [2.75, 3.05) is 13.2 Å². The summed E-state index contributed by atoms with van der Waals surface area (Å²) in [6.45, 7) is 1.08. The van der Waals surface area contributed by atoms with E-state index < -0.39 is 5.91 Å². The van der Waals surface area contributed by atoms with Crippen LogP contribution in [0.5, 0.6) is 0 Å². The first kappa shape index (κ1) is 16.8. The second-order valence-corrected chi connectivity index (χ2v) is 6.79. The fourth-order valence-corrected chi connectivity index (χ4v) is 3.92. The number of amides is 2. The summed E-state index contributed by atoms with van der Waals surface area (Å²) in [5, 5.41) is 4.40. The maximum Gasteiger partial charge on any atom is 0.274 e. The lowest BCUT2D eigenvalue weighted by Gasteiger charge is -2.43. The smallest absolute Gasteiger partial charge is 0.274 e. The SMILES string of the molecule is NC(=O)c1cc(C(=O)N2CCOC3CCCCC32)nn1-c1ccccc1. The Bertz CT molecular complexity index is 815. The van der Waals surface area contributed by atoms with Crippen LogP contribution < -0.4 is 5.73 Å². The highest BCUT2D eigenvalue weighted by Gasteiger charge is 2.38. The molecule has 2 aromatic rings. The van der Waals surface area contributed by atoms with Gasteiger partial charge in [0.25, 0.3) is 11.8 Å². The Hall–Kier alpha value is -2.67. The zero-order valence-corrected chi connectivity index (χ0v) is 14.5. The van der Waals surface area contributed by atoms with Gasteiger partial charge in [-0.05, 0) is 25.0 Å². The van der Waals surface area contributed by atoms with E-state index >= 15 is 0 Å². The van der Waals surface area contributed by atoms with Gasteiger partial charge in [0.15, 0.2) is 5.69 Å². The molecule has 136 valence electrons. The summed E-state index contributed by atoms with van der Waals surface area (Å²) in [7, 11) is 0. The Morgan fingerprint density at radius 1 is 1.15 bits per heavy atom. The van der Waals surface area contributed by atoms with Gasteiger partial charge in [0.2, 0.25) is 0 Å². The minimum atomic E-state index is -0.613. The minimum Gasteiger partial charge on any atom is -0.374 e. The van der Waals surface area contributed by atoms with Gasteiger partial charge in [0.1, 0.15) is 5.69 Å². The van der Waals surface area contributed by atoms with Crippen molar-refractivity contribution in [2.45, 2.75) is 37.8 Å². The topological polar surface area (TPSA) is 90.5 Å². The van der Waals surface area contributed by atoms with E-state index in [-0.39, 0.29) is 29.4 Å². The molecule has 0 bridgehead atoms. The van der Waals surface area contributed by atoms with Crippen molar-refractivity contribution in [1.29, 1.82) is 0 Å². The number of fused-ring (bicyclic) bond motifs is 1. The number of hydrogen-bond acceptors (Lipinski definition) is 4. The van der Waals surface area contributed by atoms with E-state index in [4.69, 9.17) is 10.5 Å². The molecule has 7 heteroatoms. The van der Waals surface area contributed by atoms with Gasteiger partial charge in [0, 0.05) is 12.6 Å². The van der Waals surface area contributed by atoms with Crippen molar-refractivity contribution >= 4 is 11.8 Å². The summed E-state index contributed by atoms with van der Waals surface area (Å²) < 4.78 is 7.28. The summed E-state index contributed by atoms with van der Waals surface area (Å²) in [6.07, 6.45) is 4.27. The summed E-state index contributed by atoms with van der Waals surface area (Å²) >= 11 is 0. The highest BCUT2D eigenvalue weighted by Crippen LogP contribution is 2.29. The van der Waals surface area contributed by atoms with Crippen LogP contribution in [0.3, 0.4) is 0 Å². The molecule has 26 heavy (non-hydrogen) atoms. The molecule has 1 aromatic heterocycles. The standard InChI is InChI=1S/C19H22N4O3/c20-18(24)16-12-14(21-23(16)13-6-2-1-3-7-13)19(25)22-10-11-26-17-9-5-4-8-15(17)22/h1-3,6-7,12,15,17H,4-5,8-11H2,(H2,20,24). The predicted octanol–water partition coefficient (Wildman–Crippen LogP) is 1.75. The highest BCUT2D eigenvalue weighted by molar-refractivity contribution is 5.97. The lowest BCUT2D eigenvalue weighted by Crippen LogP contribution is -2.54. The summed E-state index contributed by atoms with van der Waals surface area (Å²) in [6, 6.07) is 10.8. The maximum atomic E-state index is 13.1. The minimum absolute atomic E-state index is 0.0869. The Morgan fingerprint density at radius 3 is 2.69 bits per heavy atom. The molecule has 2 fully saturated rings. The van der Waals surface area contributed by atoms with Crippen LogP contribution in [-0.2, 0) is 4.74 Å². The van der Waals surface area contributed by atoms with Crippen LogP contribution >= 0.6 is 0 Å². The molecule has 2 heterocycles. The van der Waals surface area contributed by atoms with E-state index in [1.165, 1.54) is 10.7 Å². The Morgan fingerprint density at radius 2 is 1.92 bits per heavy atom. The molecular weight excluding hydrogens is 332 g/mol. The van der Waals surface area contributed by atoms with Gasteiger partial charge in [-0.15, -0.1) is 0 Å². The van der Waals surface area contributed by atoms with Gasteiger partial charge in [-0.25, -0.2) is 4.68 Å². The third-order valence-electron chi connectivity index (χ3n) is 5.17. The van der Waals surface area contributed by atoms with Crippen LogP contribution in [0.2, 0.25) is 0 Å². The van der Waals surface area contributed by atoms with Crippen molar-refractivity contribution in [3.8, 4) is 5.69 Å². The van der Waals surface area contributed by atoms with Crippen LogP contribution in [0.15, 0.2) is 36.4 Å². The molecule has 0 radical (unpaired) electrons. The molecule has 1 aliphatic heterocycles. The van der Waals surface area contributed by atoms with Gasteiger partial charge in [-0.2, -0.15) is 5.10 Å². The van der Waals surface area contributed by atoms with E-state index in [9.17, 15) is 9.59 Å². The van der Waals surface area contributed by atoms with E-state index in [2.05, 4.69) is 5.10 Å². The van der Waals surface area contributed by atoms with Crippen molar-refractivity contribution in [2.24, 2.45) is 5.73 Å². The first-order valence-corrected chi connectivity index (χ1v) is 9.03. The second-order valence-electron chi connectivity index (χ2n) is 6.79. The molecule has 1 saturated heterocycles. The first-order valence-electron chi connectivity index (χ1n) is 9.03. The Kier molecular flexibility index (Phi) is 4.46. The van der Waals surface area contributed by atoms with Crippen LogP contribution in [0.25, 0.3) is 5.69 Å². The van der Waals surface area contributed by atoms with Crippen LogP contribution in [-0.4, -0.2) is 51.8 Å². The molecule has 1 saturated carbocycles. The normalized spacial score (nSPS) is 22.7. The number of nitrogens with zero attached hydrogens (tertiary/aromatic N) is 3. The molecule has 2 aliphatic rings. The summed E-state index contributed by atoms with van der Waals surface area (Å²) in [5.41, 5.74) is 6.64. The van der Waals surface area contributed by atoms with E-state index in [1.54, 1.807) is 0 Å². The third-order valence-corrected chi connectivity index (χ3v) is 5.17. The lowest BCUT2D eigenvalue weighted by molar-refractivity contribution is -0.0754. The maximum absolute atomic E-state index is 13.1. The third kappa shape index (κ3) is 2.99. The zero-order valence-electron chi connectivity index (χ0n) is 14.5. The van der Waals surface area contributed by atoms with Crippen LogP contribution in [0, 0.1) is 0 Å². The van der Waals surface area contributed by atoms with Crippen LogP contribution in [0.4, 0.5) is 0 Å². The molecule has 2 N–H and O–H groups in total. The molecule has 1 aromatic carbocycles.